The molecule has 3 heterocycles. The smallest absolute Gasteiger partial charge is 0.214 e. The van der Waals surface area contributed by atoms with Crippen molar-refractivity contribution in [1.29, 1.82) is 0 Å². The lowest BCUT2D eigenvalue weighted by Crippen LogP contribution is -1.98. The van der Waals surface area contributed by atoms with Crippen LogP contribution in [0.1, 0.15) is 5.69 Å². The van der Waals surface area contributed by atoms with Gasteiger partial charge in [0.15, 0.2) is 5.76 Å². The molecule has 3 aromatic heterocycles. The lowest BCUT2D eigenvalue weighted by Gasteiger charge is -2.03. The summed E-state index contributed by atoms with van der Waals surface area (Å²) in [5.74, 6) is 1.80. The first-order valence-electron chi connectivity index (χ1n) is 6.96. The molecule has 0 atom stereocenters. The van der Waals surface area contributed by atoms with Gasteiger partial charge in [-0.2, -0.15) is 4.68 Å². The summed E-state index contributed by atoms with van der Waals surface area (Å²) in [6.07, 6.45) is 1.59. The molecule has 0 aliphatic carbocycles. The van der Waals surface area contributed by atoms with E-state index < -0.39 is 0 Å². The van der Waals surface area contributed by atoms with E-state index in [-0.39, 0.29) is 0 Å². The van der Waals surface area contributed by atoms with Gasteiger partial charge in [0.05, 0.1) is 17.6 Å². The number of benzene rings is 1. The summed E-state index contributed by atoms with van der Waals surface area (Å²) >= 11 is 7.36. The van der Waals surface area contributed by atoms with Gasteiger partial charge in [0.25, 0.3) is 0 Å². The SMILES string of the molecule is Clc1ccc(-n2nnnc2SCc2cc(-c3ccco3)on2)cc1. The number of rotatable bonds is 5. The molecule has 4 rings (SSSR count). The van der Waals surface area contributed by atoms with Crippen molar-refractivity contribution in [2.24, 2.45) is 0 Å². The number of nitrogens with zero attached hydrogens (tertiary/aromatic N) is 5. The summed E-state index contributed by atoms with van der Waals surface area (Å²) in [5, 5.41) is 17.1. The average Bonchev–Trinajstić information content (AvgIpc) is 3.34. The van der Waals surface area contributed by atoms with Crippen LogP contribution in [0.4, 0.5) is 0 Å². The van der Waals surface area contributed by atoms with Crippen molar-refractivity contribution in [3.05, 3.63) is 59.4 Å². The Balaban J connectivity index is 1.49. The van der Waals surface area contributed by atoms with Gasteiger partial charge >= 0.3 is 0 Å². The van der Waals surface area contributed by atoms with Crippen molar-refractivity contribution >= 4 is 23.4 Å². The zero-order valence-corrected chi connectivity index (χ0v) is 13.7. The summed E-state index contributed by atoms with van der Waals surface area (Å²) in [7, 11) is 0. The average molecular weight is 360 g/mol. The lowest BCUT2D eigenvalue weighted by atomic mass is 10.3. The third-order valence-corrected chi connectivity index (χ3v) is 4.39. The molecule has 0 aliphatic heterocycles. The van der Waals surface area contributed by atoms with E-state index >= 15 is 0 Å². The van der Waals surface area contributed by atoms with E-state index in [0.29, 0.717) is 27.5 Å². The fraction of sp³-hybridized carbons (Fsp3) is 0.0667. The van der Waals surface area contributed by atoms with Crippen LogP contribution in [0.15, 0.2) is 62.8 Å². The maximum atomic E-state index is 5.91. The molecule has 0 unspecified atom stereocenters. The van der Waals surface area contributed by atoms with E-state index in [4.69, 9.17) is 20.5 Å². The molecule has 7 nitrogen and oxygen atoms in total. The van der Waals surface area contributed by atoms with Gasteiger partial charge in [0.1, 0.15) is 0 Å². The summed E-state index contributed by atoms with van der Waals surface area (Å²) in [4.78, 5) is 0. The van der Waals surface area contributed by atoms with E-state index in [2.05, 4.69) is 20.7 Å². The molecule has 1 aromatic carbocycles. The van der Waals surface area contributed by atoms with Crippen LogP contribution in [0.2, 0.25) is 5.02 Å². The first kappa shape index (κ1) is 15.0. The highest BCUT2D eigenvalue weighted by Crippen LogP contribution is 2.26. The van der Waals surface area contributed by atoms with Gasteiger partial charge in [0, 0.05) is 16.8 Å². The molecule has 120 valence electrons. The summed E-state index contributed by atoms with van der Waals surface area (Å²) in [6.45, 7) is 0. The highest BCUT2D eigenvalue weighted by Gasteiger charge is 2.13. The molecule has 24 heavy (non-hydrogen) atoms. The third kappa shape index (κ3) is 3.06. The van der Waals surface area contributed by atoms with Crippen LogP contribution < -0.4 is 0 Å². The molecule has 0 saturated carbocycles. The van der Waals surface area contributed by atoms with Crippen molar-refractivity contribution in [1.82, 2.24) is 25.4 Å². The number of aromatic nitrogens is 5. The minimum Gasteiger partial charge on any atom is -0.461 e. The molecule has 0 spiro atoms. The Morgan fingerprint density at radius 3 is 2.79 bits per heavy atom. The van der Waals surface area contributed by atoms with E-state index in [9.17, 15) is 0 Å². The maximum Gasteiger partial charge on any atom is 0.214 e. The minimum absolute atomic E-state index is 0.568. The van der Waals surface area contributed by atoms with Crippen molar-refractivity contribution in [2.75, 3.05) is 0 Å². The number of halogens is 1. The summed E-state index contributed by atoms with van der Waals surface area (Å²) in [5.41, 5.74) is 1.61. The minimum atomic E-state index is 0.568. The highest BCUT2D eigenvalue weighted by molar-refractivity contribution is 7.98. The van der Waals surface area contributed by atoms with Crippen LogP contribution in [0, 0.1) is 0 Å². The van der Waals surface area contributed by atoms with Crippen LogP contribution in [0.25, 0.3) is 17.2 Å². The van der Waals surface area contributed by atoms with Gasteiger partial charge < -0.3 is 8.94 Å². The second-order valence-corrected chi connectivity index (χ2v) is 6.18. The van der Waals surface area contributed by atoms with E-state index in [1.54, 1.807) is 29.1 Å². The van der Waals surface area contributed by atoms with Crippen LogP contribution in [0.5, 0.6) is 0 Å². The standard InChI is InChI=1S/C15H10ClN5O2S/c16-10-3-5-12(6-4-10)21-15(17-19-20-21)24-9-11-8-14(23-18-11)13-2-1-7-22-13/h1-8H,9H2. The van der Waals surface area contributed by atoms with E-state index in [0.717, 1.165) is 11.4 Å². The molecule has 0 amide bonds. The highest BCUT2D eigenvalue weighted by atomic mass is 35.5. The Bertz CT molecular complexity index is 933. The molecule has 0 fully saturated rings. The number of furan rings is 1. The first-order valence-corrected chi connectivity index (χ1v) is 8.32. The fourth-order valence-electron chi connectivity index (χ4n) is 2.07. The molecule has 9 heteroatoms. The molecule has 0 N–H and O–H groups in total. The van der Waals surface area contributed by atoms with Gasteiger partial charge in [-0.1, -0.05) is 28.5 Å². The second kappa shape index (κ2) is 6.50. The molecule has 0 saturated heterocycles. The third-order valence-electron chi connectivity index (χ3n) is 3.18. The van der Waals surface area contributed by atoms with Crippen molar-refractivity contribution < 1.29 is 8.94 Å². The molecule has 0 aliphatic rings. The quantitative estimate of drug-likeness (QED) is 0.500. The Labute approximate surface area is 145 Å². The Kier molecular flexibility index (Phi) is 4.06. The predicted octanol–water partition coefficient (Wildman–Crippen LogP) is 3.86. The fourth-order valence-corrected chi connectivity index (χ4v) is 2.96. The van der Waals surface area contributed by atoms with Crippen LogP contribution >= 0.6 is 23.4 Å². The van der Waals surface area contributed by atoms with E-state index in [1.165, 1.54) is 11.8 Å². The molecule has 0 radical (unpaired) electrons. The number of tetrazole rings is 1. The van der Waals surface area contributed by atoms with Crippen molar-refractivity contribution in [2.45, 2.75) is 10.9 Å². The van der Waals surface area contributed by atoms with Crippen molar-refractivity contribution in [3.8, 4) is 17.2 Å². The Hall–Kier alpha value is -2.58. The lowest BCUT2D eigenvalue weighted by molar-refractivity contribution is 0.413. The number of hydrogen-bond donors (Lipinski definition) is 0. The largest absolute Gasteiger partial charge is 0.461 e. The van der Waals surface area contributed by atoms with Gasteiger partial charge in [-0.3, -0.25) is 0 Å². The zero-order chi connectivity index (χ0) is 16.4. The van der Waals surface area contributed by atoms with Crippen LogP contribution in [-0.2, 0) is 5.75 Å². The molecule has 0 bridgehead atoms. The van der Waals surface area contributed by atoms with Gasteiger partial charge in [-0.05, 0) is 46.8 Å². The Morgan fingerprint density at radius 2 is 2.00 bits per heavy atom. The predicted molar refractivity (Wildman–Crippen MR) is 87.9 cm³/mol. The van der Waals surface area contributed by atoms with Crippen LogP contribution in [-0.4, -0.2) is 25.4 Å². The Morgan fingerprint density at radius 1 is 1.12 bits per heavy atom. The molecular weight excluding hydrogens is 350 g/mol. The van der Waals surface area contributed by atoms with Crippen LogP contribution in [0.3, 0.4) is 0 Å². The maximum absolute atomic E-state index is 5.91. The topological polar surface area (TPSA) is 82.8 Å². The summed E-state index contributed by atoms with van der Waals surface area (Å²) in [6, 6.07) is 12.7. The normalized spacial score (nSPS) is 11.0. The second-order valence-electron chi connectivity index (χ2n) is 4.80. The molecular formula is C15H10ClN5O2S. The van der Waals surface area contributed by atoms with E-state index in [1.807, 2.05) is 24.3 Å². The van der Waals surface area contributed by atoms with Gasteiger partial charge in [-0.15, -0.1) is 5.10 Å². The monoisotopic (exact) mass is 359 g/mol. The molecule has 4 aromatic rings. The number of hydrogen-bond acceptors (Lipinski definition) is 7. The van der Waals surface area contributed by atoms with Gasteiger partial charge in [-0.25, -0.2) is 0 Å². The summed E-state index contributed by atoms with van der Waals surface area (Å²) < 4.78 is 12.2. The number of thioether (sulfide) groups is 1. The first-order chi connectivity index (χ1) is 11.8. The van der Waals surface area contributed by atoms with Crippen molar-refractivity contribution in [3.63, 3.8) is 0 Å². The van der Waals surface area contributed by atoms with Gasteiger partial charge in [0.2, 0.25) is 10.9 Å². The zero-order valence-electron chi connectivity index (χ0n) is 12.2.